The number of piperidine rings is 1. The summed E-state index contributed by atoms with van der Waals surface area (Å²) >= 11 is 6.05. The molecule has 9 heteroatoms. The maximum absolute atomic E-state index is 6.05. The summed E-state index contributed by atoms with van der Waals surface area (Å²) in [5, 5.41) is 11.5. The van der Waals surface area contributed by atoms with Crippen LogP contribution < -0.4 is 10.6 Å². The maximum atomic E-state index is 6.05. The van der Waals surface area contributed by atoms with Gasteiger partial charge in [-0.15, -0.1) is 24.0 Å². The van der Waals surface area contributed by atoms with Crippen LogP contribution in [0.3, 0.4) is 0 Å². The molecule has 0 unspecified atom stereocenters. The fraction of sp³-hybridized carbons (Fsp3) is 0.609. The van der Waals surface area contributed by atoms with Crippen LogP contribution in [0.25, 0.3) is 11.4 Å². The third-order valence-electron chi connectivity index (χ3n) is 6.35. The minimum Gasteiger partial charge on any atom is -0.354 e. The van der Waals surface area contributed by atoms with E-state index >= 15 is 0 Å². The van der Waals surface area contributed by atoms with E-state index in [1.807, 2.05) is 24.3 Å². The highest BCUT2D eigenvalue weighted by atomic mass is 127. The van der Waals surface area contributed by atoms with Crippen LogP contribution in [0.4, 0.5) is 0 Å². The number of benzene rings is 1. The molecule has 1 aliphatic heterocycles. The van der Waals surface area contributed by atoms with Crippen LogP contribution in [0.1, 0.15) is 50.8 Å². The van der Waals surface area contributed by atoms with E-state index in [2.05, 4.69) is 30.7 Å². The second-order valence-electron chi connectivity index (χ2n) is 8.67. The van der Waals surface area contributed by atoms with Crippen LogP contribution in [0.5, 0.6) is 0 Å². The van der Waals surface area contributed by atoms with Crippen molar-refractivity contribution in [3.63, 3.8) is 0 Å². The topological polar surface area (TPSA) is 78.6 Å². The van der Waals surface area contributed by atoms with Crippen LogP contribution in [0.15, 0.2) is 33.8 Å². The first-order valence-electron chi connectivity index (χ1n) is 11.5. The highest BCUT2D eigenvalue weighted by Crippen LogP contribution is 2.25. The summed E-state index contributed by atoms with van der Waals surface area (Å²) in [7, 11) is 1.79. The predicted octanol–water partition coefficient (Wildman–Crippen LogP) is 4.72. The molecular weight excluding hydrogens is 539 g/mol. The molecular formula is C23H34ClIN6O. The average molecular weight is 573 g/mol. The standard InChI is InChI=1S/C23H33ClN6O.HI/c1-25-23(26-15-21-28-22(29-31-21)18-8-5-9-19(24)14-18)27-20-10-12-30(13-11-20)16-17-6-3-2-4-7-17;/h5,8-9,14,17,20H,2-4,6-7,10-13,15-16H2,1H3,(H2,25,26,27);1H. The fourth-order valence-corrected chi connectivity index (χ4v) is 4.80. The van der Waals surface area contributed by atoms with Crippen molar-refractivity contribution in [1.82, 2.24) is 25.7 Å². The van der Waals surface area contributed by atoms with Gasteiger partial charge >= 0.3 is 0 Å². The lowest BCUT2D eigenvalue weighted by atomic mass is 9.88. The first-order chi connectivity index (χ1) is 15.2. The Balaban J connectivity index is 0.00000289. The number of aliphatic imine (C=N–C) groups is 1. The monoisotopic (exact) mass is 572 g/mol. The molecule has 1 saturated carbocycles. The van der Waals surface area contributed by atoms with E-state index in [0.29, 0.717) is 29.3 Å². The molecule has 7 nitrogen and oxygen atoms in total. The quantitative estimate of drug-likeness (QED) is 0.296. The Bertz CT molecular complexity index is 862. The van der Waals surface area contributed by atoms with Crippen molar-refractivity contribution < 1.29 is 4.52 Å². The van der Waals surface area contributed by atoms with E-state index in [1.165, 1.54) is 38.6 Å². The van der Waals surface area contributed by atoms with Gasteiger partial charge < -0.3 is 20.1 Å². The molecule has 1 aliphatic carbocycles. The summed E-state index contributed by atoms with van der Waals surface area (Å²) in [6.45, 7) is 4.04. The van der Waals surface area contributed by atoms with Crippen LogP contribution in [-0.2, 0) is 6.54 Å². The van der Waals surface area contributed by atoms with Gasteiger partial charge in [-0.3, -0.25) is 4.99 Å². The van der Waals surface area contributed by atoms with E-state index in [0.717, 1.165) is 43.4 Å². The Kier molecular flexibility index (Phi) is 10.1. The normalized spacial score (nSPS) is 18.9. The van der Waals surface area contributed by atoms with Crippen molar-refractivity contribution in [1.29, 1.82) is 0 Å². The number of rotatable bonds is 6. The molecule has 1 saturated heterocycles. The van der Waals surface area contributed by atoms with Gasteiger partial charge in [-0.25, -0.2) is 0 Å². The van der Waals surface area contributed by atoms with E-state index < -0.39 is 0 Å². The molecule has 2 fully saturated rings. The number of guanidine groups is 1. The zero-order valence-electron chi connectivity index (χ0n) is 18.7. The largest absolute Gasteiger partial charge is 0.354 e. The minimum absolute atomic E-state index is 0. The van der Waals surface area contributed by atoms with Gasteiger partial charge in [-0.2, -0.15) is 4.98 Å². The number of hydrogen-bond donors (Lipinski definition) is 2. The van der Waals surface area contributed by atoms with Crippen LogP contribution >= 0.6 is 35.6 Å². The number of likely N-dealkylation sites (tertiary alicyclic amines) is 1. The first kappa shape index (κ1) is 25.2. The second-order valence-corrected chi connectivity index (χ2v) is 9.11. The molecule has 0 radical (unpaired) electrons. The minimum atomic E-state index is 0. The zero-order chi connectivity index (χ0) is 21.5. The van der Waals surface area contributed by atoms with E-state index in [1.54, 1.807) is 7.05 Å². The molecule has 32 heavy (non-hydrogen) atoms. The molecule has 1 aromatic heterocycles. The third-order valence-corrected chi connectivity index (χ3v) is 6.59. The SMILES string of the molecule is CN=C(NCc1nc(-c2cccc(Cl)c2)no1)NC1CCN(CC2CCCCC2)CC1.I. The number of hydrogen-bond acceptors (Lipinski definition) is 5. The Morgan fingerprint density at radius 1 is 1.19 bits per heavy atom. The summed E-state index contributed by atoms with van der Waals surface area (Å²) < 4.78 is 5.37. The Morgan fingerprint density at radius 2 is 1.97 bits per heavy atom. The lowest BCUT2D eigenvalue weighted by molar-refractivity contribution is 0.160. The van der Waals surface area contributed by atoms with Crippen LogP contribution in [0.2, 0.25) is 5.02 Å². The van der Waals surface area contributed by atoms with Gasteiger partial charge in [0.25, 0.3) is 0 Å². The van der Waals surface area contributed by atoms with Crippen molar-refractivity contribution >= 4 is 41.5 Å². The summed E-state index contributed by atoms with van der Waals surface area (Å²) in [6, 6.07) is 7.88. The van der Waals surface area contributed by atoms with Gasteiger partial charge in [0.1, 0.15) is 0 Å². The summed E-state index contributed by atoms with van der Waals surface area (Å²) in [4.78, 5) is 11.5. The molecule has 2 N–H and O–H groups in total. The fourth-order valence-electron chi connectivity index (χ4n) is 4.61. The van der Waals surface area contributed by atoms with Crippen LogP contribution in [0, 0.1) is 5.92 Å². The molecule has 0 amide bonds. The number of aromatic nitrogens is 2. The van der Waals surface area contributed by atoms with Gasteiger partial charge in [0.05, 0.1) is 6.54 Å². The zero-order valence-corrected chi connectivity index (χ0v) is 21.8. The van der Waals surface area contributed by atoms with Crippen molar-refractivity contribution in [2.75, 3.05) is 26.7 Å². The summed E-state index contributed by atoms with van der Waals surface area (Å²) in [5.74, 6) is 2.74. The summed E-state index contributed by atoms with van der Waals surface area (Å²) in [6.07, 6.45) is 9.41. The third kappa shape index (κ3) is 7.31. The Hall–Kier alpha value is -1.39. The molecule has 0 atom stereocenters. The lowest BCUT2D eigenvalue weighted by Gasteiger charge is -2.36. The molecule has 0 bridgehead atoms. The average Bonchev–Trinajstić information content (AvgIpc) is 3.28. The molecule has 2 aromatic rings. The molecule has 4 rings (SSSR count). The van der Waals surface area contributed by atoms with Gasteiger partial charge in [-0.1, -0.05) is 48.2 Å². The van der Waals surface area contributed by atoms with Gasteiger partial charge in [0.15, 0.2) is 5.96 Å². The molecule has 2 heterocycles. The second kappa shape index (κ2) is 12.7. The van der Waals surface area contributed by atoms with Gasteiger partial charge in [-0.05, 0) is 43.7 Å². The Labute approximate surface area is 212 Å². The van der Waals surface area contributed by atoms with Crippen molar-refractivity contribution in [3.8, 4) is 11.4 Å². The Morgan fingerprint density at radius 3 is 2.69 bits per heavy atom. The van der Waals surface area contributed by atoms with E-state index in [9.17, 15) is 0 Å². The lowest BCUT2D eigenvalue weighted by Crippen LogP contribution is -2.49. The molecule has 1 aromatic carbocycles. The number of nitrogens with zero attached hydrogens (tertiary/aromatic N) is 4. The van der Waals surface area contributed by atoms with E-state index in [-0.39, 0.29) is 24.0 Å². The highest BCUT2D eigenvalue weighted by Gasteiger charge is 2.23. The number of nitrogens with one attached hydrogen (secondary N) is 2. The van der Waals surface area contributed by atoms with Gasteiger partial charge in [0, 0.05) is 43.3 Å². The van der Waals surface area contributed by atoms with Gasteiger partial charge in [0.2, 0.25) is 11.7 Å². The molecule has 2 aliphatic rings. The van der Waals surface area contributed by atoms with Crippen LogP contribution in [-0.4, -0.2) is 53.7 Å². The maximum Gasteiger partial charge on any atom is 0.246 e. The first-order valence-corrected chi connectivity index (χ1v) is 11.9. The molecule has 0 spiro atoms. The van der Waals surface area contributed by atoms with Crippen molar-refractivity contribution in [2.24, 2.45) is 10.9 Å². The van der Waals surface area contributed by atoms with E-state index in [4.69, 9.17) is 16.1 Å². The summed E-state index contributed by atoms with van der Waals surface area (Å²) in [5.41, 5.74) is 0.838. The molecule has 176 valence electrons. The van der Waals surface area contributed by atoms with Crippen molar-refractivity contribution in [2.45, 2.75) is 57.5 Å². The smallest absolute Gasteiger partial charge is 0.246 e. The highest BCUT2D eigenvalue weighted by molar-refractivity contribution is 14.0. The number of halogens is 2. The predicted molar refractivity (Wildman–Crippen MR) is 140 cm³/mol. The van der Waals surface area contributed by atoms with Crippen molar-refractivity contribution in [3.05, 3.63) is 35.2 Å².